The first kappa shape index (κ1) is 36.5. The molecule has 2 saturated heterocycles. The van der Waals surface area contributed by atoms with Gasteiger partial charge in [-0.1, -0.05) is 61.4 Å². The molecule has 2 aliphatic heterocycles. The fraction of sp³-hybridized carbons (Fsp3) is 0.500. The number of piperazine rings is 2. The molecule has 3 aliphatic rings. The zero-order chi connectivity index (χ0) is 35.6. The summed E-state index contributed by atoms with van der Waals surface area (Å²) in [5.41, 5.74) is 14.0. The van der Waals surface area contributed by atoms with Gasteiger partial charge in [-0.15, -0.1) is 10.1 Å². The highest BCUT2D eigenvalue weighted by Gasteiger charge is 2.31. The molecule has 2 amide bonds. The summed E-state index contributed by atoms with van der Waals surface area (Å²) in [5.74, 6) is -0.991. The molecule has 0 bridgehead atoms. The monoisotopic (exact) mass is 688 g/mol. The Balaban J connectivity index is 0.966. The third-order valence-corrected chi connectivity index (χ3v) is 9.74. The van der Waals surface area contributed by atoms with Gasteiger partial charge in [-0.25, -0.2) is 0 Å². The Morgan fingerprint density at radius 1 is 0.560 bits per heavy atom. The van der Waals surface area contributed by atoms with Crippen LogP contribution in [-0.2, 0) is 41.7 Å². The molecule has 1 saturated carbocycles. The maximum atomic E-state index is 13.0. The summed E-state index contributed by atoms with van der Waals surface area (Å²) >= 11 is 0. The van der Waals surface area contributed by atoms with Gasteiger partial charge in [0.15, 0.2) is 0 Å². The number of rotatable bonds is 10. The van der Waals surface area contributed by atoms with E-state index in [1.54, 1.807) is 44.2 Å². The SMILES string of the molecule is N=C(N)c1ccc(CC(=O)N2CCN(OC(=O)C3CCCC(C(=O)ON4CCN(C(=O)Cc5ccc(C(=N)N)cc5)CC4)CCC3)CC2)cc1. The second-order valence-electron chi connectivity index (χ2n) is 13.3. The number of hydroxylamine groups is 4. The molecule has 0 radical (unpaired) electrons. The standard InChI is InChI=1S/C36H48N8O6/c37-33(38)27-11-7-25(8-12-27)23-31(45)41-15-19-43(20-16-41)49-35(47)29-3-1-4-30(6-2-5-29)36(48)50-44-21-17-42(18-22-44)32(46)24-26-9-13-28(14-10-26)34(39)40/h7-14,29-30H,1-6,15-24H2,(H3,37,38)(H3,39,40). The van der Waals surface area contributed by atoms with Gasteiger partial charge < -0.3 is 30.9 Å². The summed E-state index contributed by atoms with van der Waals surface area (Å²) < 4.78 is 0. The fourth-order valence-corrected chi connectivity index (χ4v) is 6.62. The van der Waals surface area contributed by atoms with E-state index in [1.165, 1.54) is 0 Å². The molecule has 2 aromatic rings. The quantitative estimate of drug-likeness (QED) is 0.211. The Morgan fingerprint density at radius 2 is 0.880 bits per heavy atom. The fourth-order valence-electron chi connectivity index (χ4n) is 6.62. The molecule has 0 spiro atoms. The molecule has 6 N–H and O–H groups in total. The van der Waals surface area contributed by atoms with Crippen LogP contribution in [0.1, 0.15) is 60.8 Å². The highest BCUT2D eigenvalue weighted by atomic mass is 16.7. The zero-order valence-corrected chi connectivity index (χ0v) is 28.5. The van der Waals surface area contributed by atoms with Crippen LogP contribution >= 0.6 is 0 Å². The third kappa shape index (κ3) is 10.1. The number of carbonyl (C=O) groups is 4. The van der Waals surface area contributed by atoms with Crippen molar-refractivity contribution >= 4 is 35.4 Å². The molecule has 2 aromatic carbocycles. The Kier molecular flexibility index (Phi) is 12.6. The number of carbonyl (C=O) groups excluding carboxylic acids is 4. The largest absolute Gasteiger partial charge is 0.384 e. The molecular weight excluding hydrogens is 640 g/mol. The molecule has 1 aliphatic carbocycles. The minimum absolute atomic E-state index is 0.00224. The van der Waals surface area contributed by atoms with Crippen molar-refractivity contribution < 1.29 is 28.9 Å². The molecule has 3 fully saturated rings. The average molecular weight is 689 g/mol. The van der Waals surface area contributed by atoms with Crippen LogP contribution in [-0.4, -0.2) is 108 Å². The van der Waals surface area contributed by atoms with E-state index in [0.29, 0.717) is 102 Å². The van der Waals surface area contributed by atoms with Gasteiger partial charge in [-0.2, -0.15) is 0 Å². The predicted molar refractivity (Wildman–Crippen MR) is 185 cm³/mol. The van der Waals surface area contributed by atoms with E-state index in [9.17, 15) is 19.2 Å². The highest BCUT2D eigenvalue weighted by Crippen LogP contribution is 2.28. The third-order valence-electron chi connectivity index (χ3n) is 9.74. The van der Waals surface area contributed by atoms with E-state index in [1.807, 2.05) is 24.3 Å². The number of benzene rings is 2. The zero-order valence-electron chi connectivity index (χ0n) is 28.5. The van der Waals surface area contributed by atoms with Gasteiger partial charge in [0.2, 0.25) is 11.8 Å². The van der Waals surface area contributed by atoms with Gasteiger partial charge in [-0.3, -0.25) is 30.0 Å². The molecule has 0 aromatic heterocycles. The number of nitrogens with two attached hydrogens (primary N) is 2. The lowest BCUT2D eigenvalue weighted by molar-refractivity contribution is -0.204. The first-order valence-corrected chi connectivity index (χ1v) is 17.4. The maximum absolute atomic E-state index is 13.0. The lowest BCUT2D eigenvalue weighted by Crippen LogP contribution is -2.50. The van der Waals surface area contributed by atoms with Crippen LogP contribution in [0.3, 0.4) is 0 Å². The van der Waals surface area contributed by atoms with Gasteiger partial charge in [0.25, 0.3) is 0 Å². The van der Waals surface area contributed by atoms with Crippen molar-refractivity contribution in [2.24, 2.45) is 23.3 Å². The van der Waals surface area contributed by atoms with Crippen molar-refractivity contribution in [1.82, 2.24) is 19.9 Å². The summed E-state index contributed by atoms with van der Waals surface area (Å²) in [6.45, 7) is 3.65. The van der Waals surface area contributed by atoms with Crippen molar-refractivity contribution in [1.29, 1.82) is 10.8 Å². The molecule has 14 nitrogen and oxygen atoms in total. The molecule has 0 atom stereocenters. The summed E-state index contributed by atoms with van der Waals surface area (Å²) in [6, 6.07) is 14.2. The average Bonchev–Trinajstić information content (AvgIpc) is 3.09. The minimum atomic E-state index is -0.253. The van der Waals surface area contributed by atoms with Crippen LogP contribution in [0.4, 0.5) is 0 Å². The number of hydrogen-bond donors (Lipinski definition) is 4. The van der Waals surface area contributed by atoms with Gasteiger partial charge in [0, 0.05) is 37.3 Å². The second kappa shape index (κ2) is 17.2. The van der Waals surface area contributed by atoms with Crippen LogP contribution < -0.4 is 11.5 Å². The lowest BCUT2D eigenvalue weighted by atomic mass is 9.86. The number of nitrogen functional groups attached to an aromatic ring is 2. The molecule has 268 valence electrons. The molecule has 2 heterocycles. The summed E-state index contributed by atoms with van der Waals surface area (Å²) in [4.78, 5) is 66.8. The van der Waals surface area contributed by atoms with Crippen LogP contribution in [0.15, 0.2) is 48.5 Å². The Bertz CT molecular complexity index is 1410. The van der Waals surface area contributed by atoms with Gasteiger partial charge >= 0.3 is 11.9 Å². The second-order valence-corrected chi connectivity index (χ2v) is 13.3. The Hall–Kier alpha value is -4.82. The first-order valence-electron chi connectivity index (χ1n) is 17.4. The van der Waals surface area contributed by atoms with Crippen LogP contribution in [0.5, 0.6) is 0 Å². The Morgan fingerprint density at radius 3 is 1.18 bits per heavy atom. The summed E-state index contributed by atoms with van der Waals surface area (Å²) in [5, 5.41) is 18.3. The number of nitrogens with one attached hydrogen (secondary N) is 2. The smallest absolute Gasteiger partial charge is 0.328 e. The molecule has 14 heteroatoms. The minimum Gasteiger partial charge on any atom is -0.384 e. The van der Waals surface area contributed by atoms with Crippen molar-refractivity contribution in [2.75, 3.05) is 52.4 Å². The van der Waals surface area contributed by atoms with E-state index < -0.39 is 0 Å². The van der Waals surface area contributed by atoms with Gasteiger partial charge in [-0.05, 0) is 36.8 Å². The van der Waals surface area contributed by atoms with Gasteiger partial charge in [0.05, 0.1) is 50.9 Å². The van der Waals surface area contributed by atoms with E-state index >= 15 is 0 Å². The van der Waals surface area contributed by atoms with Crippen molar-refractivity contribution in [3.05, 3.63) is 70.8 Å². The molecule has 50 heavy (non-hydrogen) atoms. The van der Waals surface area contributed by atoms with E-state index in [-0.39, 0.29) is 60.1 Å². The predicted octanol–water partition coefficient (Wildman–Crippen LogP) is 1.83. The number of amides is 2. The number of amidine groups is 2. The summed E-state index contributed by atoms with van der Waals surface area (Å²) in [6.07, 6.45) is 4.50. The van der Waals surface area contributed by atoms with E-state index in [0.717, 1.165) is 11.1 Å². The van der Waals surface area contributed by atoms with Crippen molar-refractivity contribution in [2.45, 2.75) is 51.4 Å². The van der Waals surface area contributed by atoms with Crippen LogP contribution in [0.2, 0.25) is 0 Å². The van der Waals surface area contributed by atoms with Crippen LogP contribution in [0, 0.1) is 22.7 Å². The molecule has 0 unspecified atom stereocenters. The highest BCUT2D eigenvalue weighted by molar-refractivity contribution is 5.95. The first-order chi connectivity index (χ1) is 24.0. The number of nitrogens with zero attached hydrogens (tertiary/aromatic N) is 4. The molecule has 5 rings (SSSR count). The topological polar surface area (TPSA) is 199 Å². The van der Waals surface area contributed by atoms with Crippen molar-refractivity contribution in [3.8, 4) is 0 Å². The molecular formula is C36H48N8O6. The van der Waals surface area contributed by atoms with Crippen LogP contribution in [0.25, 0.3) is 0 Å². The number of hydrogen-bond acceptors (Lipinski definition) is 10. The van der Waals surface area contributed by atoms with Gasteiger partial charge in [0.1, 0.15) is 11.7 Å². The Labute approximate surface area is 292 Å². The normalized spacial score (nSPS) is 20.6. The summed E-state index contributed by atoms with van der Waals surface area (Å²) in [7, 11) is 0. The lowest BCUT2D eigenvalue weighted by Gasteiger charge is -2.35. The maximum Gasteiger partial charge on any atom is 0.328 e. The van der Waals surface area contributed by atoms with E-state index in [4.69, 9.17) is 32.0 Å². The van der Waals surface area contributed by atoms with Crippen molar-refractivity contribution in [3.63, 3.8) is 0 Å². The van der Waals surface area contributed by atoms with E-state index in [2.05, 4.69) is 0 Å².